The molecule has 0 saturated carbocycles. The number of halogens is 1. The Balaban J connectivity index is 2.73. The molecule has 0 aromatic heterocycles. The van der Waals surface area contributed by atoms with Gasteiger partial charge in [0.05, 0.1) is 18.8 Å². The lowest BCUT2D eigenvalue weighted by molar-refractivity contribution is 0.0941. The zero-order valence-electron chi connectivity index (χ0n) is 8.78. The fourth-order valence-electron chi connectivity index (χ4n) is 1.19. The Hall–Kier alpha value is -1.07. The number of alkyl halides is 1. The molecule has 1 aromatic carbocycles. The summed E-state index contributed by atoms with van der Waals surface area (Å²) >= 11 is 3.25. The van der Waals surface area contributed by atoms with Gasteiger partial charge >= 0.3 is 0 Å². The maximum atomic E-state index is 11.7. The van der Waals surface area contributed by atoms with E-state index >= 15 is 0 Å². The highest BCUT2D eigenvalue weighted by Crippen LogP contribution is 2.17. The summed E-state index contributed by atoms with van der Waals surface area (Å²) in [5, 5.41) is 11.9. The lowest BCUT2D eigenvalue weighted by atomic mass is 10.2. The average Bonchev–Trinajstić information content (AvgIpc) is 2.33. The van der Waals surface area contributed by atoms with Crippen LogP contribution >= 0.6 is 15.9 Å². The Kier molecular flexibility index (Phi) is 5.88. The maximum Gasteiger partial charge on any atom is 0.255 e. The van der Waals surface area contributed by atoms with Crippen molar-refractivity contribution in [3.05, 3.63) is 29.8 Å². The molecule has 1 amide bonds. The predicted molar refractivity (Wildman–Crippen MR) is 65.2 cm³/mol. The SMILES string of the molecule is O=C(NCCO)c1ccccc1OCCBr. The van der Waals surface area contributed by atoms with Crippen LogP contribution in [0.2, 0.25) is 0 Å². The summed E-state index contributed by atoms with van der Waals surface area (Å²) in [6.07, 6.45) is 0. The number of rotatable bonds is 6. The number of carbonyl (C=O) groups is 1. The van der Waals surface area contributed by atoms with Gasteiger partial charge in [-0.05, 0) is 12.1 Å². The van der Waals surface area contributed by atoms with E-state index in [2.05, 4.69) is 21.2 Å². The molecule has 0 aliphatic heterocycles. The van der Waals surface area contributed by atoms with Crippen molar-refractivity contribution in [3.63, 3.8) is 0 Å². The van der Waals surface area contributed by atoms with Crippen LogP contribution in [0.3, 0.4) is 0 Å². The van der Waals surface area contributed by atoms with Crippen molar-refractivity contribution in [2.45, 2.75) is 0 Å². The molecule has 0 atom stereocenters. The number of para-hydroxylation sites is 1. The van der Waals surface area contributed by atoms with Gasteiger partial charge in [0, 0.05) is 11.9 Å². The summed E-state index contributed by atoms with van der Waals surface area (Å²) < 4.78 is 5.42. The van der Waals surface area contributed by atoms with E-state index in [0.717, 1.165) is 0 Å². The normalized spacial score (nSPS) is 9.88. The van der Waals surface area contributed by atoms with E-state index in [4.69, 9.17) is 9.84 Å². The van der Waals surface area contributed by atoms with E-state index in [0.29, 0.717) is 23.2 Å². The van der Waals surface area contributed by atoms with Gasteiger partial charge in [-0.1, -0.05) is 28.1 Å². The number of aliphatic hydroxyl groups is 1. The Morgan fingerprint density at radius 1 is 1.44 bits per heavy atom. The fourth-order valence-corrected chi connectivity index (χ4v) is 1.36. The van der Waals surface area contributed by atoms with E-state index in [-0.39, 0.29) is 19.1 Å². The van der Waals surface area contributed by atoms with Crippen molar-refractivity contribution in [3.8, 4) is 5.75 Å². The minimum absolute atomic E-state index is 0.0732. The monoisotopic (exact) mass is 287 g/mol. The Morgan fingerprint density at radius 2 is 2.19 bits per heavy atom. The van der Waals surface area contributed by atoms with Crippen molar-refractivity contribution in [2.75, 3.05) is 25.1 Å². The highest BCUT2D eigenvalue weighted by atomic mass is 79.9. The standard InChI is InChI=1S/C11H14BrNO3/c12-5-8-16-10-4-2-1-3-9(10)11(15)13-6-7-14/h1-4,14H,5-8H2,(H,13,15). The van der Waals surface area contributed by atoms with Crippen LogP contribution in [0.15, 0.2) is 24.3 Å². The van der Waals surface area contributed by atoms with Gasteiger partial charge in [-0.15, -0.1) is 0 Å². The lowest BCUT2D eigenvalue weighted by Crippen LogP contribution is -2.26. The average molecular weight is 288 g/mol. The van der Waals surface area contributed by atoms with Crippen LogP contribution in [-0.2, 0) is 0 Å². The molecule has 0 heterocycles. The number of benzene rings is 1. The van der Waals surface area contributed by atoms with Crippen LogP contribution in [0.1, 0.15) is 10.4 Å². The van der Waals surface area contributed by atoms with Crippen LogP contribution in [-0.4, -0.2) is 36.1 Å². The highest BCUT2D eigenvalue weighted by Gasteiger charge is 2.10. The molecule has 16 heavy (non-hydrogen) atoms. The molecule has 0 spiro atoms. The molecule has 0 fully saturated rings. The number of amides is 1. The fraction of sp³-hybridized carbons (Fsp3) is 0.364. The van der Waals surface area contributed by atoms with Crippen LogP contribution < -0.4 is 10.1 Å². The van der Waals surface area contributed by atoms with E-state index in [1.54, 1.807) is 18.2 Å². The maximum absolute atomic E-state index is 11.7. The van der Waals surface area contributed by atoms with E-state index in [1.807, 2.05) is 6.07 Å². The first kappa shape index (κ1) is 13.0. The molecule has 0 saturated heterocycles. The van der Waals surface area contributed by atoms with E-state index < -0.39 is 0 Å². The molecule has 0 aliphatic carbocycles. The highest BCUT2D eigenvalue weighted by molar-refractivity contribution is 9.09. The minimum atomic E-state index is -0.237. The third kappa shape index (κ3) is 3.83. The van der Waals surface area contributed by atoms with Gasteiger partial charge in [-0.2, -0.15) is 0 Å². The molecule has 88 valence electrons. The summed E-state index contributed by atoms with van der Waals surface area (Å²) in [6.45, 7) is 0.673. The van der Waals surface area contributed by atoms with Gasteiger partial charge in [0.1, 0.15) is 5.75 Å². The predicted octanol–water partition coefficient (Wildman–Crippen LogP) is 1.18. The molecule has 0 unspecified atom stereocenters. The number of hydrogen-bond donors (Lipinski definition) is 2. The van der Waals surface area contributed by atoms with Crippen LogP contribution in [0.25, 0.3) is 0 Å². The molecule has 4 nitrogen and oxygen atoms in total. The molecular formula is C11H14BrNO3. The van der Waals surface area contributed by atoms with Crippen molar-refractivity contribution in [1.82, 2.24) is 5.32 Å². The second-order valence-corrected chi connectivity index (χ2v) is 3.81. The zero-order chi connectivity index (χ0) is 11.8. The summed E-state index contributed by atoms with van der Waals surface area (Å²) in [4.78, 5) is 11.7. The third-order valence-electron chi connectivity index (χ3n) is 1.86. The molecular weight excluding hydrogens is 274 g/mol. The summed E-state index contributed by atoms with van der Waals surface area (Å²) in [7, 11) is 0. The van der Waals surface area contributed by atoms with Crippen LogP contribution in [0.5, 0.6) is 5.75 Å². The Bertz CT molecular complexity index is 344. The largest absolute Gasteiger partial charge is 0.492 e. The van der Waals surface area contributed by atoms with Gasteiger partial charge in [0.2, 0.25) is 0 Å². The van der Waals surface area contributed by atoms with E-state index in [1.165, 1.54) is 0 Å². The molecule has 1 aromatic rings. The number of hydrogen-bond acceptors (Lipinski definition) is 3. The van der Waals surface area contributed by atoms with Gasteiger partial charge in [-0.3, -0.25) is 4.79 Å². The van der Waals surface area contributed by atoms with Crippen molar-refractivity contribution in [1.29, 1.82) is 0 Å². The lowest BCUT2D eigenvalue weighted by Gasteiger charge is -2.10. The Labute approximate surface area is 103 Å². The van der Waals surface area contributed by atoms with Crippen molar-refractivity contribution >= 4 is 21.8 Å². The Morgan fingerprint density at radius 3 is 2.88 bits per heavy atom. The van der Waals surface area contributed by atoms with Crippen LogP contribution in [0.4, 0.5) is 0 Å². The molecule has 5 heteroatoms. The third-order valence-corrected chi connectivity index (χ3v) is 2.19. The van der Waals surface area contributed by atoms with Crippen molar-refractivity contribution < 1.29 is 14.6 Å². The molecule has 0 radical (unpaired) electrons. The number of nitrogens with one attached hydrogen (secondary N) is 1. The molecule has 1 rings (SSSR count). The van der Waals surface area contributed by atoms with Gasteiger partial charge in [-0.25, -0.2) is 0 Å². The van der Waals surface area contributed by atoms with Crippen LogP contribution in [0, 0.1) is 0 Å². The number of aliphatic hydroxyl groups excluding tert-OH is 1. The number of carbonyl (C=O) groups excluding carboxylic acids is 1. The number of ether oxygens (including phenoxy) is 1. The first-order valence-corrected chi connectivity index (χ1v) is 6.08. The second kappa shape index (κ2) is 7.24. The zero-order valence-corrected chi connectivity index (χ0v) is 10.4. The summed E-state index contributed by atoms with van der Waals surface area (Å²) in [5.74, 6) is 0.316. The summed E-state index contributed by atoms with van der Waals surface area (Å²) in [6, 6.07) is 7.02. The topological polar surface area (TPSA) is 58.6 Å². The van der Waals surface area contributed by atoms with Gasteiger partial charge in [0.25, 0.3) is 5.91 Å². The van der Waals surface area contributed by atoms with Gasteiger partial charge < -0.3 is 15.2 Å². The van der Waals surface area contributed by atoms with Crippen molar-refractivity contribution in [2.24, 2.45) is 0 Å². The quantitative estimate of drug-likeness (QED) is 0.773. The first-order chi connectivity index (χ1) is 7.79. The molecule has 0 bridgehead atoms. The second-order valence-electron chi connectivity index (χ2n) is 3.01. The molecule has 0 aliphatic rings. The van der Waals surface area contributed by atoms with E-state index in [9.17, 15) is 4.79 Å². The van der Waals surface area contributed by atoms with Gasteiger partial charge in [0.15, 0.2) is 0 Å². The summed E-state index contributed by atoms with van der Waals surface area (Å²) in [5.41, 5.74) is 0.483. The minimum Gasteiger partial charge on any atom is -0.492 e. The smallest absolute Gasteiger partial charge is 0.255 e. The molecule has 2 N–H and O–H groups in total. The first-order valence-electron chi connectivity index (χ1n) is 4.96.